The number of benzene rings is 1. The second-order valence-electron chi connectivity index (χ2n) is 2.42. The van der Waals surface area contributed by atoms with Gasteiger partial charge in [-0.15, -0.1) is 0 Å². The van der Waals surface area contributed by atoms with E-state index in [2.05, 4.69) is 0 Å². The Morgan fingerprint density at radius 2 is 2.00 bits per heavy atom. The predicted molar refractivity (Wildman–Crippen MR) is 59.4 cm³/mol. The van der Waals surface area contributed by atoms with Gasteiger partial charge in [0.25, 0.3) is 10.3 Å². The minimum atomic E-state index is -2.57. The van der Waals surface area contributed by atoms with E-state index in [1.165, 1.54) is 12.1 Å². The average molecular weight is 260 g/mol. The van der Waals surface area contributed by atoms with E-state index in [-0.39, 0.29) is 21.2 Å². The van der Waals surface area contributed by atoms with Crippen molar-refractivity contribution >= 4 is 44.1 Å². The number of rotatable bonds is 1. The van der Waals surface area contributed by atoms with Crippen LogP contribution in [0.2, 0.25) is 10.0 Å². The van der Waals surface area contributed by atoms with Crippen LogP contribution in [0.1, 0.15) is 5.56 Å². The fourth-order valence-electron chi connectivity index (χ4n) is 0.918. The number of hydrogen-bond donors (Lipinski definition) is 0. The molecule has 1 aromatic carbocycles. The van der Waals surface area contributed by atoms with E-state index in [9.17, 15) is 8.42 Å². The topological polar surface area (TPSA) is 57.9 Å². The van der Waals surface area contributed by atoms with Crippen LogP contribution >= 0.6 is 23.2 Å². The second kappa shape index (κ2) is 5.01. The highest BCUT2D eigenvalue weighted by molar-refractivity contribution is 7.71. The molecule has 6 heteroatoms. The summed E-state index contributed by atoms with van der Waals surface area (Å²) in [7, 11) is -2.57. The first-order valence-corrected chi connectivity index (χ1v) is 5.46. The lowest BCUT2D eigenvalue weighted by Gasteiger charge is -2.00. The van der Waals surface area contributed by atoms with Gasteiger partial charge in [-0.1, -0.05) is 35.3 Å². The van der Waals surface area contributed by atoms with Gasteiger partial charge in [0.15, 0.2) is 0 Å². The highest BCUT2D eigenvalue weighted by atomic mass is 35.5. The van der Waals surface area contributed by atoms with Crippen molar-refractivity contribution in [3.63, 3.8) is 0 Å². The molecule has 0 saturated carbocycles. The van der Waals surface area contributed by atoms with Crippen molar-refractivity contribution in [3.05, 3.63) is 33.8 Å². The molecule has 0 aliphatic rings. The van der Waals surface area contributed by atoms with Gasteiger partial charge in [0, 0.05) is 10.6 Å². The Kier molecular flexibility index (Phi) is 3.96. The van der Waals surface area contributed by atoms with Crippen molar-refractivity contribution < 1.29 is 8.42 Å². The third kappa shape index (κ3) is 2.85. The molecule has 0 fully saturated rings. The summed E-state index contributed by atoms with van der Waals surface area (Å²) in [5.41, 5.74) is 0.0756. The van der Waals surface area contributed by atoms with Gasteiger partial charge in [0.2, 0.25) is 0 Å². The zero-order valence-electron chi connectivity index (χ0n) is 7.16. The maximum atomic E-state index is 10.4. The predicted octanol–water partition coefficient (Wildman–Crippen LogP) is 2.18. The SMILES string of the molecule is N#CC(=C=S(=O)=O)c1cccc(Cl)c1Cl. The van der Waals surface area contributed by atoms with Gasteiger partial charge in [-0.3, -0.25) is 0 Å². The molecule has 76 valence electrons. The highest BCUT2D eigenvalue weighted by Crippen LogP contribution is 2.29. The Bertz CT molecular complexity index is 599. The molecule has 0 aromatic heterocycles. The van der Waals surface area contributed by atoms with Gasteiger partial charge in [-0.2, -0.15) is 13.7 Å². The monoisotopic (exact) mass is 259 g/mol. The van der Waals surface area contributed by atoms with Crippen molar-refractivity contribution in [1.29, 1.82) is 5.26 Å². The third-order valence-electron chi connectivity index (χ3n) is 1.52. The van der Waals surface area contributed by atoms with Crippen LogP contribution in [-0.4, -0.2) is 13.4 Å². The maximum Gasteiger partial charge on any atom is 0.261 e. The molecule has 0 spiro atoms. The van der Waals surface area contributed by atoms with Crippen LogP contribution in [0.15, 0.2) is 18.2 Å². The molecule has 0 bridgehead atoms. The van der Waals surface area contributed by atoms with Crippen LogP contribution in [0.5, 0.6) is 0 Å². The lowest BCUT2D eigenvalue weighted by Crippen LogP contribution is -1.85. The standard InChI is InChI=1S/C9H3Cl2NO2S/c10-8-3-1-2-7(9(8)11)6(4-12)5-15(13)14/h1-3H. The second-order valence-corrected chi connectivity index (χ2v) is 3.88. The van der Waals surface area contributed by atoms with E-state index in [1.54, 1.807) is 12.1 Å². The first-order valence-electron chi connectivity index (χ1n) is 3.63. The van der Waals surface area contributed by atoms with E-state index in [4.69, 9.17) is 28.5 Å². The van der Waals surface area contributed by atoms with Gasteiger partial charge in [0.05, 0.1) is 10.0 Å². The van der Waals surface area contributed by atoms with Crippen molar-refractivity contribution in [2.45, 2.75) is 0 Å². The van der Waals surface area contributed by atoms with Crippen LogP contribution in [0.4, 0.5) is 0 Å². The van der Waals surface area contributed by atoms with Gasteiger partial charge in [0.1, 0.15) is 11.6 Å². The molecule has 1 rings (SSSR count). The molecule has 15 heavy (non-hydrogen) atoms. The third-order valence-corrected chi connectivity index (χ3v) is 2.71. The summed E-state index contributed by atoms with van der Waals surface area (Å²) in [6.45, 7) is 0. The summed E-state index contributed by atoms with van der Waals surface area (Å²) in [4.78, 5) is 0. The number of hydrogen-bond acceptors (Lipinski definition) is 3. The molecule has 0 saturated heterocycles. The molecule has 1 aromatic rings. The lowest BCUT2D eigenvalue weighted by molar-refractivity contribution is 0.627. The summed E-state index contributed by atoms with van der Waals surface area (Å²) in [5.74, 6) is 0. The first-order chi connectivity index (χ1) is 7.06. The van der Waals surface area contributed by atoms with Crippen LogP contribution in [0, 0.1) is 11.3 Å². The zero-order valence-corrected chi connectivity index (χ0v) is 9.49. The summed E-state index contributed by atoms with van der Waals surface area (Å²) in [6, 6.07) is 6.28. The summed E-state index contributed by atoms with van der Waals surface area (Å²) in [6.07, 6.45) is 0. The highest BCUT2D eigenvalue weighted by Gasteiger charge is 2.08. The normalized spacial score (nSPS) is 8.87. The number of halogens is 2. The zero-order chi connectivity index (χ0) is 11.4. The van der Waals surface area contributed by atoms with Crippen LogP contribution < -0.4 is 0 Å². The average Bonchev–Trinajstić information content (AvgIpc) is 2.19. The van der Waals surface area contributed by atoms with Gasteiger partial charge >= 0.3 is 0 Å². The van der Waals surface area contributed by atoms with Crippen LogP contribution in [0.3, 0.4) is 0 Å². The molecular weight excluding hydrogens is 257 g/mol. The molecule has 0 heterocycles. The molecule has 0 aliphatic heterocycles. The smallest absolute Gasteiger partial charge is 0.192 e. The maximum absolute atomic E-state index is 10.4. The van der Waals surface area contributed by atoms with E-state index < -0.39 is 10.3 Å². The molecule has 0 unspecified atom stereocenters. The Morgan fingerprint density at radius 3 is 2.53 bits per heavy atom. The van der Waals surface area contributed by atoms with E-state index >= 15 is 0 Å². The molecule has 3 nitrogen and oxygen atoms in total. The Hall–Kier alpha value is -1.24. The quantitative estimate of drug-likeness (QED) is 0.574. The molecule has 0 atom stereocenters. The Morgan fingerprint density at radius 1 is 1.33 bits per heavy atom. The van der Waals surface area contributed by atoms with Gasteiger partial charge in [-0.05, 0) is 6.07 Å². The van der Waals surface area contributed by atoms with Crippen LogP contribution in [-0.2, 0) is 10.3 Å². The molecule has 0 N–H and O–H groups in total. The Balaban J connectivity index is 3.62. The van der Waals surface area contributed by atoms with Crippen molar-refractivity contribution in [1.82, 2.24) is 0 Å². The van der Waals surface area contributed by atoms with Crippen molar-refractivity contribution in [2.75, 3.05) is 0 Å². The number of nitriles is 1. The van der Waals surface area contributed by atoms with E-state index in [0.29, 0.717) is 0 Å². The van der Waals surface area contributed by atoms with Gasteiger partial charge < -0.3 is 0 Å². The van der Waals surface area contributed by atoms with E-state index in [1.807, 2.05) is 5.02 Å². The van der Waals surface area contributed by atoms with E-state index in [0.717, 1.165) is 0 Å². The van der Waals surface area contributed by atoms with Crippen LogP contribution in [0.25, 0.3) is 5.57 Å². The molecule has 0 radical (unpaired) electrons. The van der Waals surface area contributed by atoms with Crippen molar-refractivity contribution in [3.8, 4) is 6.07 Å². The fraction of sp³-hybridized carbons (Fsp3) is 0. The first kappa shape index (κ1) is 11.8. The summed E-state index contributed by atoms with van der Waals surface area (Å²) in [5, 5.41) is 11.0. The number of nitrogens with zero attached hydrogens (tertiary/aromatic N) is 1. The lowest BCUT2D eigenvalue weighted by atomic mass is 10.1. The minimum absolute atomic E-state index is 0.133. The molecule has 0 amide bonds. The van der Waals surface area contributed by atoms with Gasteiger partial charge in [-0.25, -0.2) is 0 Å². The Labute approximate surface area is 97.7 Å². The summed E-state index contributed by atoms with van der Waals surface area (Å²) >= 11 is 11.5. The van der Waals surface area contributed by atoms with Crippen molar-refractivity contribution in [2.24, 2.45) is 0 Å². The summed E-state index contributed by atoms with van der Waals surface area (Å²) < 4.78 is 20.8. The largest absolute Gasteiger partial charge is 0.261 e. The molecular formula is C9H3Cl2NO2S. The fourth-order valence-corrected chi connectivity index (χ4v) is 1.64. The minimum Gasteiger partial charge on any atom is -0.192 e. The molecule has 0 aliphatic carbocycles. The number of allylic oxidation sites excluding steroid dienone is 1.